The number of imidazole rings is 1. The molecule has 1 fully saturated rings. The summed E-state index contributed by atoms with van der Waals surface area (Å²) >= 11 is 0. The SMILES string of the molecule is O=C(NCc1nc2ccccc2[nH]1)C1CCCN(C(=O)c2ccc(F)cc2)C1. The topological polar surface area (TPSA) is 78.1 Å². The number of piperidine rings is 1. The summed E-state index contributed by atoms with van der Waals surface area (Å²) in [5.74, 6) is -0.197. The Balaban J connectivity index is 1.36. The van der Waals surface area contributed by atoms with E-state index >= 15 is 0 Å². The standard InChI is InChI=1S/C21H21FN4O2/c22-16-9-7-14(8-10-16)21(28)26-11-3-4-15(13-26)20(27)23-12-19-24-17-5-1-2-6-18(17)25-19/h1-2,5-10,15H,3-4,11-13H2,(H,23,27)(H,24,25). The Bertz CT molecular complexity index is 966. The Morgan fingerprint density at radius 1 is 1.18 bits per heavy atom. The van der Waals surface area contributed by atoms with Gasteiger partial charge in [0.25, 0.3) is 5.91 Å². The smallest absolute Gasteiger partial charge is 0.253 e. The van der Waals surface area contributed by atoms with Crippen LogP contribution >= 0.6 is 0 Å². The van der Waals surface area contributed by atoms with E-state index in [1.165, 1.54) is 24.3 Å². The number of hydrogen-bond acceptors (Lipinski definition) is 3. The lowest BCUT2D eigenvalue weighted by molar-refractivity contribution is -0.126. The maximum atomic E-state index is 13.1. The molecule has 28 heavy (non-hydrogen) atoms. The lowest BCUT2D eigenvalue weighted by Gasteiger charge is -2.32. The van der Waals surface area contributed by atoms with E-state index < -0.39 is 0 Å². The second-order valence-electron chi connectivity index (χ2n) is 7.02. The summed E-state index contributed by atoms with van der Waals surface area (Å²) in [4.78, 5) is 34.5. The molecule has 2 N–H and O–H groups in total. The largest absolute Gasteiger partial charge is 0.349 e. The van der Waals surface area contributed by atoms with Gasteiger partial charge in [0.2, 0.25) is 5.91 Å². The number of nitrogens with one attached hydrogen (secondary N) is 2. The number of rotatable bonds is 4. The Labute approximate surface area is 161 Å². The Hall–Kier alpha value is -3.22. The molecule has 1 saturated heterocycles. The number of H-pyrrole nitrogens is 1. The van der Waals surface area contributed by atoms with Crippen molar-refractivity contribution < 1.29 is 14.0 Å². The van der Waals surface area contributed by atoms with Gasteiger partial charge in [0, 0.05) is 18.7 Å². The Morgan fingerprint density at radius 3 is 2.75 bits per heavy atom. The average molecular weight is 380 g/mol. The fourth-order valence-electron chi connectivity index (χ4n) is 3.56. The van der Waals surface area contributed by atoms with Crippen LogP contribution in [-0.4, -0.2) is 39.8 Å². The highest BCUT2D eigenvalue weighted by atomic mass is 19.1. The van der Waals surface area contributed by atoms with Gasteiger partial charge < -0.3 is 15.2 Å². The minimum Gasteiger partial charge on any atom is -0.349 e. The normalized spacial score (nSPS) is 16.9. The molecule has 0 saturated carbocycles. The lowest BCUT2D eigenvalue weighted by atomic mass is 9.96. The van der Waals surface area contributed by atoms with Crippen LogP contribution in [0.4, 0.5) is 4.39 Å². The predicted molar refractivity (Wildman–Crippen MR) is 103 cm³/mol. The van der Waals surface area contributed by atoms with Crippen LogP contribution in [-0.2, 0) is 11.3 Å². The van der Waals surface area contributed by atoms with Crippen molar-refractivity contribution in [1.82, 2.24) is 20.2 Å². The van der Waals surface area contributed by atoms with Gasteiger partial charge >= 0.3 is 0 Å². The predicted octanol–water partition coefficient (Wildman–Crippen LogP) is 2.87. The van der Waals surface area contributed by atoms with Crippen molar-refractivity contribution in [1.29, 1.82) is 0 Å². The molecule has 0 aliphatic carbocycles. The molecule has 144 valence electrons. The molecule has 2 amide bonds. The number of para-hydroxylation sites is 2. The number of amides is 2. The molecule has 7 heteroatoms. The first-order valence-electron chi connectivity index (χ1n) is 9.36. The zero-order valence-electron chi connectivity index (χ0n) is 15.3. The van der Waals surface area contributed by atoms with Crippen LogP contribution in [0.1, 0.15) is 29.0 Å². The van der Waals surface area contributed by atoms with Crippen LogP contribution in [0.15, 0.2) is 48.5 Å². The van der Waals surface area contributed by atoms with E-state index in [0.29, 0.717) is 31.0 Å². The van der Waals surface area contributed by atoms with E-state index in [9.17, 15) is 14.0 Å². The van der Waals surface area contributed by atoms with Crippen molar-refractivity contribution in [3.05, 3.63) is 65.7 Å². The number of nitrogens with zero attached hydrogens (tertiary/aromatic N) is 2. The molecule has 3 aromatic rings. The van der Waals surface area contributed by atoms with Gasteiger partial charge in [0.1, 0.15) is 11.6 Å². The Morgan fingerprint density at radius 2 is 1.96 bits per heavy atom. The molecule has 1 aliphatic rings. The molecule has 2 heterocycles. The molecule has 0 bridgehead atoms. The third-order valence-electron chi connectivity index (χ3n) is 5.04. The van der Waals surface area contributed by atoms with Crippen molar-refractivity contribution in [3.8, 4) is 0 Å². The number of halogens is 1. The molecule has 2 aromatic carbocycles. The van der Waals surface area contributed by atoms with Crippen molar-refractivity contribution >= 4 is 22.8 Å². The Kier molecular flexibility index (Phi) is 5.06. The van der Waals surface area contributed by atoms with Crippen LogP contribution in [0.2, 0.25) is 0 Å². The van der Waals surface area contributed by atoms with Gasteiger partial charge in [-0.1, -0.05) is 12.1 Å². The van der Waals surface area contributed by atoms with Gasteiger partial charge in [0.05, 0.1) is 23.5 Å². The first kappa shape index (κ1) is 18.2. The zero-order valence-corrected chi connectivity index (χ0v) is 15.3. The van der Waals surface area contributed by atoms with E-state index in [2.05, 4.69) is 15.3 Å². The fraction of sp³-hybridized carbons (Fsp3) is 0.286. The maximum absolute atomic E-state index is 13.1. The first-order chi connectivity index (χ1) is 13.6. The van der Waals surface area contributed by atoms with Gasteiger partial charge in [-0.3, -0.25) is 9.59 Å². The molecule has 1 aromatic heterocycles. The summed E-state index contributed by atoms with van der Waals surface area (Å²) in [5, 5.41) is 2.92. The molecule has 1 unspecified atom stereocenters. The van der Waals surface area contributed by atoms with Crippen molar-refractivity contribution in [2.24, 2.45) is 5.92 Å². The monoisotopic (exact) mass is 380 g/mol. The second kappa shape index (κ2) is 7.80. The molecule has 0 radical (unpaired) electrons. The highest BCUT2D eigenvalue weighted by Gasteiger charge is 2.29. The number of aromatic nitrogens is 2. The van der Waals surface area contributed by atoms with Gasteiger partial charge in [0.15, 0.2) is 0 Å². The summed E-state index contributed by atoms with van der Waals surface area (Å²) in [6.45, 7) is 1.28. The number of carbonyl (C=O) groups is 2. The maximum Gasteiger partial charge on any atom is 0.253 e. The quantitative estimate of drug-likeness (QED) is 0.731. The van der Waals surface area contributed by atoms with Crippen molar-refractivity contribution in [2.75, 3.05) is 13.1 Å². The summed E-state index contributed by atoms with van der Waals surface area (Å²) in [5.41, 5.74) is 2.23. The molecule has 6 nitrogen and oxygen atoms in total. The number of fused-ring (bicyclic) bond motifs is 1. The van der Waals surface area contributed by atoms with E-state index in [0.717, 1.165) is 23.9 Å². The van der Waals surface area contributed by atoms with Gasteiger partial charge in [-0.2, -0.15) is 0 Å². The van der Waals surface area contributed by atoms with Gasteiger partial charge in [-0.15, -0.1) is 0 Å². The lowest BCUT2D eigenvalue weighted by Crippen LogP contribution is -2.45. The van der Waals surface area contributed by atoms with Crippen LogP contribution < -0.4 is 5.32 Å². The molecular formula is C21H21FN4O2. The van der Waals surface area contributed by atoms with E-state index in [1.54, 1.807) is 4.90 Å². The number of aromatic amines is 1. The molecule has 1 atom stereocenters. The van der Waals surface area contributed by atoms with Crippen LogP contribution in [0.5, 0.6) is 0 Å². The van der Waals surface area contributed by atoms with Crippen molar-refractivity contribution in [2.45, 2.75) is 19.4 Å². The number of hydrogen-bond donors (Lipinski definition) is 2. The third-order valence-corrected chi connectivity index (χ3v) is 5.04. The molecular weight excluding hydrogens is 359 g/mol. The van der Waals surface area contributed by atoms with E-state index in [-0.39, 0.29) is 23.5 Å². The van der Waals surface area contributed by atoms with Gasteiger partial charge in [-0.25, -0.2) is 9.37 Å². The minimum absolute atomic E-state index is 0.0861. The third kappa shape index (κ3) is 3.88. The number of benzene rings is 2. The molecule has 1 aliphatic heterocycles. The molecule has 0 spiro atoms. The van der Waals surface area contributed by atoms with Crippen LogP contribution in [0, 0.1) is 11.7 Å². The summed E-state index contributed by atoms with van der Waals surface area (Å²) < 4.78 is 13.1. The fourth-order valence-corrected chi connectivity index (χ4v) is 3.56. The number of likely N-dealkylation sites (tertiary alicyclic amines) is 1. The summed E-state index contributed by atoms with van der Waals surface area (Å²) in [7, 11) is 0. The zero-order chi connectivity index (χ0) is 19.5. The second-order valence-corrected chi connectivity index (χ2v) is 7.02. The minimum atomic E-state index is -0.377. The van der Waals surface area contributed by atoms with Crippen molar-refractivity contribution in [3.63, 3.8) is 0 Å². The highest BCUT2D eigenvalue weighted by molar-refractivity contribution is 5.94. The van der Waals surface area contributed by atoms with Gasteiger partial charge in [-0.05, 0) is 49.2 Å². The summed E-state index contributed by atoms with van der Waals surface area (Å²) in [6, 6.07) is 13.2. The van der Waals surface area contributed by atoms with Crippen LogP contribution in [0.3, 0.4) is 0 Å². The van der Waals surface area contributed by atoms with Crippen LogP contribution in [0.25, 0.3) is 11.0 Å². The average Bonchev–Trinajstić information content (AvgIpc) is 3.15. The summed E-state index contributed by atoms with van der Waals surface area (Å²) in [6.07, 6.45) is 1.49. The van der Waals surface area contributed by atoms with E-state index in [4.69, 9.17) is 0 Å². The highest BCUT2D eigenvalue weighted by Crippen LogP contribution is 2.19. The first-order valence-corrected chi connectivity index (χ1v) is 9.36. The van der Waals surface area contributed by atoms with E-state index in [1.807, 2.05) is 24.3 Å². The molecule has 4 rings (SSSR count). The number of carbonyl (C=O) groups excluding carboxylic acids is 2.